The smallest absolute Gasteiger partial charge is 0.156 e. The first-order valence-corrected chi connectivity index (χ1v) is 5.77. The number of hydrogen-bond donors (Lipinski definition) is 0. The van der Waals surface area contributed by atoms with Crippen molar-refractivity contribution in [2.24, 2.45) is 0 Å². The van der Waals surface area contributed by atoms with E-state index >= 15 is 0 Å². The molecule has 2 aromatic rings. The zero-order valence-corrected chi connectivity index (χ0v) is 10.8. The average Bonchev–Trinajstić information content (AvgIpc) is 2.32. The number of benzene rings is 1. The van der Waals surface area contributed by atoms with Crippen LogP contribution in [0, 0.1) is 12.7 Å². The summed E-state index contributed by atoms with van der Waals surface area (Å²) in [4.78, 5) is 8.35. The average molecular weight is 267 g/mol. The molecular weight excluding hydrogens is 255 g/mol. The van der Waals surface area contributed by atoms with Gasteiger partial charge in [-0.25, -0.2) is 14.4 Å². The molecule has 0 aliphatic heterocycles. The topological polar surface area (TPSA) is 35.0 Å². The Balaban J connectivity index is 2.52. The highest BCUT2D eigenvalue weighted by Crippen LogP contribution is 2.24. The summed E-state index contributed by atoms with van der Waals surface area (Å²) >= 11 is 5.93. The van der Waals surface area contributed by atoms with E-state index in [1.54, 1.807) is 19.2 Å². The van der Waals surface area contributed by atoms with Crippen LogP contribution in [0.1, 0.15) is 11.4 Å². The van der Waals surface area contributed by atoms with E-state index in [2.05, 4.69) is 9.97 Å². The molecule has 5 heteroatoms. The van der Waals surface area contributed by atoms with Crippen LogP contribution in [0.25, 0.3) is 11.3 Å². The first-order valence-electron chi connectivity index (χ1n) is 5.39. The highest BCUT2D eigenvalue weighted by atomic mass is 35.5. The van der Waals surface area contributed by atoms with E-state index in [9.17, 15) is 4.39 Å². The van der Waals surface area contributed by atoms with E-state index < -0.39 is 0 Å². The van der Waals surface area contributed by atoms with Crippen LogP contribution in [-0.4, -0.2) is 17.1 Å². The molecule has 94 valence electrons. The number of ether oxygens (including phenoxy) is 1. The van der Waals surface area contributed by atoms with Crippen LogP contribution in [0.2, 0.25) is 5.15 Å². The van der Waals surface area contributed by atoms with Crippen LogP contribution in [-0.2, 0) is 11.3 Å². The Labute approximate surface area is 110 Å². The van der Waals surface area contributed by atoms with E-state index in [0.717, 1.165) is 5.56 Å². The van der Waals surface area contributed by atoms with Gasteiger partial charge >= 0.3 is 0 Å². The van der Waals surface area contributed by atoms with Gasteiger partial charge in [0.1, 0.15) is 17.6 Å². The summed E-state index contributed by atoms with van der Waals surface area (Å²) in [5, 5.41) is 0.315. The Kier molecular flexibility index (Phi) is 3.89. The van der Waals surface area contributed by atoms with Gasteiger partial charge < -0.3 is 4.74 Å². The molecule has 0 fully saturated rings. The lowest BCUT2D eigenvalue weighted by Gasteiger charge is -2.07. The van der Waals surface area contributed by atoms with Crippen LogP contribution in [0.4, 0.5) is 4.39 Å². The number of aromatic nitrogens is 2. The molecule has 0 radical (unpaired) electrons. The molecule has 3 nitrogen and oxygen atoms in total. The van der Waals surface area contributed by atoms with Gasteiger partial charge in [0.2, 0.25) is 0 Å². The molecule has 2 rings (SSSR count). The minimum Gasteiger partial charge on any atom is -0.377 e. The van der Waals surface area contributed by atoms with Crippen LogP contribution in [0.15, 0.2) is 24.3 Å². The molecule has 0 bridgehead atoms. The minimum atomic E-state index is -0.307. The SMILES string of the molecule is COCc1nc(Cl)cc(-c2cc(F)ccc2C)n1. The lowest BCUT2D eigenvalue weighted by Crippen LogP contribution is -1.99. The van der Waals surface area contributed by atoms with Crippen molar-refractivity contribution in [3.63, 3.8) is 0 Å². The quantitative estimate of drug-likeness (QED) is 0.799. The predicted octanol–water partition coefficient (Wildman–Crippen LogP) is 3.39. The highest BCUT2D eigenvalue weighted by molar-refractivity contribution is 6.29. The van der Waals surface area contributed by atoms with E-state index in [-0.39, 0.29) is 12.4 Å². The maximum absolute atomic E-state index is 13.3. The molecule has 18 heavy (non-hydrogen) atoms. The zero-order valence-electron chi connectivity index (χ0n) is 10.1. The van der Waals surface area contributed by atoms with E-state index in [1.165, 1.54) is 12.1 Å². The lowest BCUT2D eigenvalue weighted by atomic mass is 10.1. The molecule has 0 saturated heterocycles. The van der Waals surface area contributed by atoms with E-state index in [4.69, 9.17) is 16.3 Å². The molecule has 0 saturated carbocycles. The second-order valence-corrected chi connectivity index (χ2v) is 4.27. The van der Waals surface area contributed by atoms with Gasteiger partial charge in [0.15, 0.2) is 5.82 Å². The summed E-state index contributed by atoms with van der Waals surface area (Å²) in [6, 6.07) is 6.17. The number of nitrogens with zero attached hydrogens (tertiary/aromatic N) is 2. The summed E-state index contributed by atoms with van der Waals surface area (Å²) in [6.07, 6.45) is 0. The standard InChI is InChI=1S/C13H12ClFN2O/c1-8-3-4-9(15)5-10(8)11-6-12(14)17-13(16-11)7-18-2/h3-6H,7H2,1-2H3. The van der Waals surface area contributed by atoms with Crippen molar-refractivity contribution in [2.45, 2.75) is 13.5 Å². The molecule has 0 aliphatic carbocycles. The molecule has 0 atom stereocenters. The third-order valence-corrected chi connectivity index (χ3v) is 2.68. The summed E-state index contributed by atoms with van der Waals surface area (Å²) in [5.41, 5.74) is 2.23. The molecule has 1 aromatic heterocycles. The lowest BCUT2D eigenvalue weighted by molar-refractivity contribution is 0.178. The van der Waals surface area contributed by atoms with Gasteiger partial charge in [-0.1, -0.05) is 17.7 Å². The molecule has 0 aliphatic rings. The van der Waals surface area contributed by atoms with Crippen molar-refractivity contribution in [1.29, 1.82) is 0 Å². The maximum atomic E-state index is 13.3. The van der Waals surface area contributed by atoms with Crippen molar-refractivity contribution >= 4 is 11.6 Å². The number of aryl methyl sites for hydroxylation is 1. The number of halogens is 2. The number of rotatable bonds is 3. The Morgan fingerprint density at radius 1 is 1.28 bits per heavy atom. The largest absolute Gasteiger partial charge is 0.377 e. The zero-order chi connectivity index (χ0) is 13.1. The second kappa shape index (κ2) is 5.42. The summed E-state index contributed by atoms with van der Waals surface area (Å²) < 4.78 is 18.3. The Morgan fingerprint density at radius 3 is 2.78 bits per heavy atom. The molecule has 0 amide bonds. The third kappa shape index (κ3) is 2.83. The van der Waals surface area contributed by atoms with Gasteiger partial charge in [0.05, 0.1) is 5.69 Å². The third-order valence-electron chi connectivity index (χ3n) is 2.49. The van der Waals surface area contributed by atoms with Gasteiger partial charge in [-0.05, 0) is 24.6 Å². The van der Waals surface area contributed by atoms with Gasteiger partial charge in [-0.15, -0.1) is 0 Å². The molecule has 0 spiro atoms. The molecule has 1 heterocycles. The maximum Gasteiger partial charge on any atom is 0.156 e. The van der Waals surface area contributed by atoms with Crippen molar-refractivity contribution in [3.8, 4) is 11.3 Å². The number of hydrogen-bond acceptors (Lipinski definition) is 3. The van der Waals surface area contributed by atoms with Crippen molar-refractivity contribution < 1.29 is 9.13 Å². The Morgan fingerprint density at radius 2 is 2.06 bits per heavy atom. The molecular formula is C13H12ClFN2O. The first kappa shape index (κ1) is 12.9. The fraction of sp³-hybridized carbons (Fsp3) is 0.231. The fourth-order valence-electron chi connectivity index (χ4n) is 1.67. The van der Waals surface area contributed by atoms with Gasteiger partial charge in [-0.3, -0.25) is 0 Å². The van der Waals surface area contributed by atoms with Gasteiger partial charge in [0, 0.05) is 18.7 Å². The second-order valence-electron chi connectivity index (χ2n) is 3.88. The normalized spacial score (nSPS) is 10.7. The van der Waals surface area contributed by atoms with Crippen LogP contribution in [0.3, 0.4) is 0 Å². The van der Waals surface area contributed by atoms with Crippen molar-refractivity contribution in [1.82, 2.24) is 9.97 Å². The van der Waals surface area contributed by atoms with Crippen LogP contribution in [0.5, 0.6) is 0 Å². The number of methoxy groups -OCH3 is 1. The van der Waals surface area contributed by atoms with Crippen LogP contribution >= 0.6 is 11.6 Å². The molecule has 0 unspecified atom stereocenters. The Bertz CT molecular complexity index is 575. The molecule has 1 aromatic carbocycles. The monoisotopic (exact) mass is 266 g/mol. The van der Waals surface area contributed by atoms with Gasteiger partial charge in [-0.2, -0.15) is 0 Å². The first-order chi connectivity index (χ1) is 8.60. The summed E-state index contributed by atoms with van der Waals surface area (Å²) in [5.74, 6) is 0.169. The van der Waals surface area contributed by atoms with Crippen LogP contribution < -0.4 is 0 Å². The molecule has 0 N–H and O–H groups in total. The van der Waals surface area contributed by atoms with Crippen molar-refractivity contribution in [2.75, 3.05) is 7.11 Å². The van der Waals surface area contributed by atoms with Crippen molar-refractivity contribution in [3.05, 3.63) is 46.6 Å². The summed E-state index contributed by atoms with van der Waals surface area (Å²) in [7, 11) is 1.55. The van der Waals surface area contributed by atoms with E-state index in [0.29, 0.717) is 22.2 Å². The fourth-order valence-corrected chi connectivity index (χ4v) is 1.87. The Hall–Kier alpha value is -1.52. The van der Waals surface area contributed by atoms with E-state index in [1.807, 2.05) is 6.92 Å². The highest BCUT2D eigenvalue weighted by Gasteiger charge is 2.09. The summed E-state index contributed by atoms with van der Waals surface area (Å²) in [6.45, 7) is 2.16. The minimum absolute atomic E-state index is 0.266. The van der Waals surface area contributed by atoms with Gasteiger partial charge in [0.25, 0.3) is 0 Å². The predicted molar refractivity (Wildman–Crippen MR) is 67.9 cm³/mol.